The minimum Gasteiger partial charge on any atom is -0.452 e. The Hall–Kier alpha value is -3.13. The molecule has 0 aliphatic heterocycles. The van der Waals surface area contributed by atoms with Gasteiger partial charge in [0.1, 0.15) is 5.69 Å². The third-order valence-electron chi connectivity index (χ3n) is 3.57. The van der Waals surface area contributed by atoms with Crippen molar-refractivity contribution < 1.29 is 19.1 Å². The van der Waals surface area contributed by atoms with Crippen LogP contribution in [0.1, 0.15) is 36.6 Å². The van der Waals surface area contributed by atoms with Crippen LogP contribution in [-0.2, 0) is 19.1 Å². The van der Waals surface area contributed by atoms with Crippen LogP contribution in [0.15, 0.2) is 54.7 Å². The second-order valence-corrected chi connectivity index (χ2v) is 6.65. The van der Waals surface area contributed by atoms with Gasteiger partial charge in [-0.2, -0.15) is 0 Å². The maximum absolute atomic E-state index is 12.6. The summed E-state index contributed by atoms with van der Waals surface area (Å²) >= 11 is 1.29. The maximum Gasteiger partial charge on any atom is 0.352 e. The fraction of sp³-hybridized carbons (Fsp3) is 0.211. The highest BCUT2D eigenvalue weighted by Crippen LogP contribution is 2.29. The third-order valence-corrected chi connectivity index (χ3v) is 4.67. The molecule has 27 heavy (non-hydrogen) atoms. The van der Waals surface area contributed by atoms with E-state index in [4.69, 9.17) is 9.47 Å². The van der Waals surface area contributed by atoms with Crippen molar-refractivity contribution in [2.45, 2.75) is 26.1 Å². The molecule has 0 spiro atoms. The summed E-state index contributed by atoms with van der Waals surface area (Å²) in [4.78, 5) is 28.2. The normalized spacial score (nSPS) is 12.8. The second kappa shape index (κ2) is 8.50. The highest BCUT2D eigenvalue weighted by atomic mass is 32.1. The molecule has 0 saturated carbocycles. The van der Waals surface area contributed by atoms with E-state index >= 15 is 0 Å². The summed E-state index contributed by atoms with van der Waals surface area (Å²) in [7, 11) is 0. The summed E-state index contributed by atoms with van der Waals surface area (Å²) < 4.78 is 10.6. The van der Waals surface area contributed by atoms with Gasteiger partial charge in [-0.1, -0.05) is 47.7 Å². The van der Waals surface area contributed by atoms with Gasteiger partial charge in [0.25, 0.3) is 0 Å². The van der Waals surface area contributed by atoms with E-state index in [1.165, 1.54) is 18.3 Å². The molecule has 8 heteroatoms. The van der Waals surface area contributed by atoms with Gasteiger partial charge < -0.3 is 9.47 Å². The van der Waals surface area contributed by atoms with E-state index in [9.17, 15) is 9.59 Å². The largest absolute Gasteiger partial charge is 0.452 e. The molecule has 138 valence electrons. The van der Waals surface area contributed by atoms with E-state index in [0.717, 1.165) is 0 Å². The van der Waals surface area contributed by atoms with Gasteiger partial charge in [-0.25, -0.2) is 4.79 Å². The molecule has 0 N–H and O–H groups in total. The lowest BCUT2D eigenvalue weighted by Crippen LogP contribution is -2.22. The molecule has 2 heterocycles. The summed E-state index contributed by atoms with van der Waals surface area (Å²) in [5.74, 6) is -1.24. The van der Waals surface area contributed by atoms with Crippen molar-refractivity contribution in [3.63, 3.8) is 0 Å². The summed E-state index contributed by atoms with van der Waals surface area (Å²) in [5.41, 5.74) is 1.23. The number of carbonyl (C=O) groups is 2. The zero-order valence-electron chi connectivity index (χ0n) is 14.7. The van der Waals surface area contributed by atoms with Crippen LogP contribution in [0.25, 0.3) is 10.7 Å². The highest BCUT2D eigenvalue weighted by Gasteiger charge is 2.28. The Morgan fingerprint density at radius 3 is 2.41 bits per heavy atom. The van der Waals surface area contributed by atoms with E-state index in [2.05, 4.69) is 15.2 Å². The Balaban J connectivity index is 1.74. The molecule has 2 aromatic heterocycles. The topological polar surface area (TPSA) is 91.3 Å². The predicted octanol–water partition coefficient (Wildman–Crippen LogP) is 3.51. The number of hydrogen-bond donors (Lipinski definition) is 0. The fourth-order valence-electron chi connectivity index (χ4n) is 2.32. The highest BCUT2D eigenvalue weighted by molar-refractivity contribution is 7.14. The monoisotopic (exact) mass is 383 g/mol. The number of aromatic nitrogens is 3. The second-order valence-electron chi connectivity index (χ2n) is 5.64. The van der Waals surface area contributed by atoms with Crippen molar-refractivity contribution in [2.75, 3.05) is 0 Å². The molecule has 0 aliphatic rings. The third kappa shape index (κ3) is 4.73. The number of carbonyl (C=O) groups excluding carboxylic acids is 2. The first-order chi connectivity index (χ1) is 13.0. The molecule has 0 aliphatic carbocycles. The SMILES string of the molecule is CC(=O)O[C@H](C(=O)O[C@H](C)c1nnc(-c2ccccn2)s1)c1ccccc1. The lowest BCUT2D eigenvalue weighted by molar-refractivity contribution is -0.170. The summed E-state index contributed by atoms with van der Waals surface area (Å²) in [6.07, 6.45) is -0.104. The Morgan fingerprint density at radius 2 is 1.74 bits per heavy atom. The lowest BCUT2D eigenvalue weighted by Gasteiger charge is -2.18. The van der Waals surface area contributed by atoms with Crippen molar-refractivity contribution in [1.82, 2.24) is 15.2 Å². The van der Waals surface area contributed by atoms with Crippen LogP contribution in [0, 0.1) is 0 Å². The summed E-state index contributed by atoms with van der Waals surface area (Å²) in [5, 5.41) is 9.34. The Labute approximate surface area is 160 Å². The van der Waals surface area contributed by atoms with Gasteiger partial charge in [0.2, 0.25) is 6.10 Å². The number of benzene rings is 1. The molecule has 3 rings (SSSR count). The van der Waals surface area contributed by atoms with E-state index in [0.29, 0.717) is 21.3 Å². The number of rotatable bonds is 6. The van der Waals surface area contributed by atoms with E-state index in [1.54, 1.807) is 37.4 Å². The first-order valence-corrected chi connectivity index (χ1v) is 9.03. The van der Waals surface area contributed by atoms with Crippen molar-refractivity contribution >= 4 is 23.3 Å². The van der Waals surface area contributed by atoms with Crippen molar-refractivity contribution in [3.8, 4) is 10.7 Å². The Kier molecular flexibility index (Phi) is 5.87. The molecule has 2 atom stereocenters. The average Bonchev–Trinajstić information content (AvgIpc) is 3.18. The van der Waals surface area contributed by atoms with Gasteiger partial charge in [-0.05, 0) is 19.1 Å². The van der Waals surface area contributed by atoms with Gasteiger partial charge >= 0.3 is 11.9 Å². The quantitative estimate of drug-likeness (QED) is 0.602. The number of hydrogen-bond acceptors (Lipinski definition) is 8. The lowest BCUT2D eigenvalue weighted by atomic mass is 10.1. The van der Waals surface area contributed by atoms with Crippen molar-refractivity contribution in [2.24, 2.45) is 0 Å². The Morgan fingerprint density at radius 1 is 1.00 bits per heavy atom. The van der Waals surface area contributed by atoms with Gasteiger partial charge in [-0.15, -0.1) is 10.2 Å². The average molecular weight is 383 g/mol. The van der Waals surface area contributed by atoms with E-state index < -0.39 is 24.1 Å². The van der Waals surface area contributed by atoms with Gasteiger partial charge in [-0.3, -0.25) is 9.78 Å². The first-order valence-electron chi connectivity index (χ1n) is 8.22. The zero-order valence-corrected chi connectivity index (χ0v) is 15.6. The van der Waals surface area contributed by atoms with Crippen LogP contribution in [0.4, 0.5) is 0 Å². The zero-order chi connectivity index (χ0) is 19.2. The molecule has 1 aromatic carbocycles. The van der Waals surface area contributed by atoms with Gasteiger partial charge in [0.15, 0.2) is 16.1 Å². The smallest absolute Gasteiger partial charge is 0.352 e. The van der Waals surface area contributed by atoms with E-state index in [1.807, 2.05) is 24.3 Å². The summed E-state index contributed by atoms with van der Waals surface area (Å²) in [6.45, 7) is 2.94. The number of ether oxygens (including phenoxy) is 2. The van der Waals surface area contributed by atoms with Crippen LogP contribution in [0.2, 0.25) is 0 Å². The van der Waals surface area contributed by atoms with Crippen molar-refractivity contribution in [1.29, 1.82) is 0 Å². The molecular formula is C19H17N3O4S. The van der Waals surface area contributed by atoms with Crippen LogP contribution >= 0.6 is 11.3 Å². The molecule has 0 fully saturated rings. The fourth-order valence-corrected chi connectivity index (χ4v) is 3.12. The first kappa shape index (κ1) is 18.7. The molecule has 0 unspecified atom stereocenters. The Bertz CT molecular complexity index is 915. The predicted molar refractivity (Wildman–Crippen MR) is 98.6 cm³/mol. The standard InChI is InChI=1S/C19H17N3O4S/c1-12(17-21-22-18(27-17)15-10-6-7-11-20-15)25-19(24)16(26-13(2)23)14-8-4-3-5-9-14/h3-12,16H,1-2H3/t12-,16+/m1/s1. The number of pyridine rings is 1. The van der Waals surface area contributed by atoms with Crippen LogP contribution < -0.4 is 0 Å². The van der Waals surface area contributed by atoms with Gasteiger partial charge in [0.05, 0.1) is 0 Å². The minimum atomic E-state index is -1.13. The number of nitrogens with zero attached hydrogens (tertiary/aromatic N) is 3. The van der Waals surface area contributed by atoms with Crippen LogP contribution in [-0.4, -0.2) is 27.1 Å². The van der Waals surface area contributed by atoms with Crippen LogP contribution in [0.5, 0.6) is 0 Å². The van der Waals surface area contributed by atoms with Gasteiger partial charge in [0, 0.05) is 18.7 Å². The molecular weight excluding hydrogens is 366 g/mol. The molecule has 0 saturated heterocycles. The van der Waals surface area contributed by atoms with Crippen molar-refractivity contribution in [3.05, 3.63) is 65.3 Å². The molecule has 3 aromatic rings. The molecule has 7 nitrogen and oxygen atoms in total. The molecule has 0 bridgehead atoms. The maximum atomic E-state index is 12.6. The number of esters is 2. The summed E-state index contributed by atoms with van der Waals surface area (Å²) in [6, 6.07) is 14.2. The van der Waals surface area contributed by atoms with Crippen LogP contribution in [0.3, 0.4) is 0 Å². The molecule has 0 radical (unpaired) electrons. The van der Waals surface area contributed by atoms with E-state index in [-0.39, 0.29) is 0 Å². The molecule has 0 amide bonds. The minimum absolute atomic E-state index is 0.527.